The highest BCUT2D eigenvalue weighted by Gasteiger charge is 1.94. The van der Waals surface area contributed by atoms with Crippen molar-refractivity contribution in [2.45, 2.75) is 88.0 Å². The number of halogens is 1. The third kappa shape index (κ3) is 29.8. The molecule has 1 nitrogen and oxygen atoms in total. The minimum absolute atomic E-state index is 0.167. The average molecular weight is 343 g/mol. The predicted octanol–water partition coefficient (Wildman–Crippen LogP) is 7.66. The Morgan fingerprint density at radius 1 is 1.04 bits per heavy atom. The molecule has 0 radical (unpaired) electrons. The molecule has 0 saturated heterocycles. The highest BCUT2D eigenvalue weighted by atomic mass is 35.5. The number of hydrogen-bond acceptors (Lipinski definition) is 1. The molecule has 0 unspecified atom stereocenters. The molecule has 0 aliphatic heterocycles. The van der Waals surface area contributed by atoms with Crippen molar-refractivity contribution in [2.75, 3.05) is 0 Å². The molecule has 23 heavy (non-hydrogen) atoms. The van der Waals surface area contributed by atoms with Crippen LogP contribution < -0.4 is 0 Å². The lowest BCUT2D eigenvalue weighted by atomic mass is 10.1. The van der Waals surface area contributed by atoms with Gasteiger partial charge in [0.15, 0.2) is 0 Å². The first-order valence-electron chi connectivity index (χ1n) is 8.84. The second kappa shape index (κ2) is 19.2. The summed E-state index contributed by atoms with van der Waals surface area (Å²) in [5.41, 5.74) is 2.45. The van der Waals surface area contributed by atoms with Crippen LogP contribution >= 0.6 is 11.6 Å². The summed E-state index contributed by atoms with van der Waals surface area (Å²) in [7, 11) is 0. The van der Waals surface area contributed by atoms with Gasteiger partial charge in [0.1, 0.15) is 5.78 Å². The molecular weight excluding hydrogens is 304 g/mol. The summed E-state index contributed by atoms with van der Waals surface area (Å²) in [6.07, 6.45) is 5.13. The van der Waals surface area contributed by atoms with Crippen molar-refractivity contribution >= 4 is 17.4 Å². The Bertz CT molecular complexity index is 375. The highest BCUT2D eigenvalue weighted by molar-refractivity contribution is 6.31. The molecule has 0 fully saturated rings. The van der Waals surface area contributed by atoms with Crippen LogP contribution in [0.25, 0.3) is 0 Å². The maximum absolute atomic E-state index is 9.44. The molecule has 0 heterocycles. The maximum Gasteiger partial charge on any atom is 0.126 e. The van der Waals surface area contributed by atoms with Crippen LogP contribution in [0.1, 0.15) is 85.8 Å². The van der Waals surface area contributed by atoms with Gasteiger partial charge < -0.3 is 4.79 Å². The number of ketones is 1. The summed E-state index contributed by atoms with van der Waals surface area (Å²) in [5, 5.41) is 0.874. The first-order valence-corrected chi connectivity index (χ1v) is 9.22. The van der Waals surface area contributed by atoms with Crippen LogP contribution in [0.3, 0.4) is 0 Å². The van der Waals surface area contributed by atoms with Crippen LogP contribution in [0.15, 0.2) is 18.2 Å². The van der Waals surface area contributed by atoms with Gasteiger partial charge in [-0.05, 0) is 50.3 Å². The van der Waals surface area contributed by atoms with Crippen molar-refractivity contribution in [1.29, 1.82) is 0 Å². The Labute approximate surface area is 150 Å². The van der Waals surface area contributed by atoms with Crippen LogP contribution in [0.5, 0.6) is 0 Å². The van der Waals surface area contributed by atoms with Crippen molar-refractivity contribution in [3.8, 4) is 0 Å². The fraction of sp³-hybridized carbons (Fsp3) is 0.667. The molecule has 0 amide bonds. The zero-order chi connectivity index (χ0) is 18.8. The molecule has 136 valence electrons. The highest BCUT2D eigenvalue weighted by Crippen LogP contribution is 2.16. The summed E-state index contributed by atoms with van der Waals surface area (Å²) < 4.78 is 0. The molecule has 0 aliphatic carbocycles. The quantitative estimate of drug-likeness (QED) is 0.550. The summed E-state index contributed by atoms with van der Waals surface area (Å²) in [4.78, 5) is 9.44. The third-order valence-electron chi connectivity index (χ3n) is 2.35. The topological polar surface area (TPSA) is 17.1 Å². The van der Waals surface area contributed by atoms with Gasteiger partial charge in [0.25, 0.3) is 0 Å². The number of carbonyl (C=O) groups is 1. The Hall–Kier alpha value is -0.820. The molecule has 1 aromatic carbocycles. The third-order valence-corrected chi connectivity index (χ3v) is 2.76. The molecule has 0 bridgehead atoms. The Morgan fingerprint density at radius 3 is 1.65 bits per heavy atom. The monoisotopic (exact) mass is 342 g/mol. The summed E-state index contributed by atoms with van der Waals surface area (Å²) in [6, 6.07) is 6.19. The van der Waals surface area contributed by atoms with Crippen LogP contribution in [0, 0.1) is 12.8 Å². The van der Waals surface area contributed by atoms with E-state index in [9.17, 15) is 4.79 Å². The van der Waals surface area contributed by atoms with E-state index in [0.717, 1.165) is 22.9 Å². The molecular formula is C21H39ClO. The van der Waals surface area contributed by atoms with Gasteiger partial charge in [-0.15, -0.1) is 0 Å². The van der Waals surface area contributed by atoms with E-state index in [1.165, 1.54) is 38.7 Å². The molecule has 2 heteroatoms. The number of rotatable bonds is 3. The van der Waals surface area contributed by atoms with E-state index >= 15 is 0 Å². The van der Waals surface area contributed by atoms with Gasteiger partial charge in [-0.3, -0.25) is 0 Å². The second-order valence-corrected chi connectivity index (χ2v) is 6.84. The van der Waals surface area contributed by atoms with E-state index in [2.05, 4.69) is 53.7 Å². The van der Waals surface area contributed by atoms with E-state index in [0.29, 0.717) is 0 Å². The zero-order valence-electron chi connectivity index (χ0n) is 16.9. The van der Waals surface area contributed by atoms with Gasteiger partial charge in [0.05, 0.1) is 0 Å². The lowest BCUT2D eigenvalue weighted by Crippen LogP contribution is -1.80. The molecule has 0 aliphatic rings. The van der Waals surface area contributed by atoms with E-state index < -0.39 is 0 Å². The largest absolute Gasteiger partial charge is 0.300 e. The zero-order valence-corrected chi connectivity index (χ0v) is 17.7. The van der Waals surface area contributed by atoms with Crippen molar-refractivity contribution in [2.24, 2.45) is 5.92 Å². The van der Waals surface area contributed by atoms with Gasteiger partial charge in [0.2, 0.25) is 0 Å². The number of unbranched alkanes of at least 4 members (excludes halogenated alkanes) is 2. The summed E-state index contributed by atoms with van der Waals surface area (Å²) in [5.74, 6) is 1.00. The Balaban J connectivity index is -0.000000261. The van der Waals surface area contributed by atoms with Gasteiger partial charge in [-0.1, -0.05) is 84.5 Å². The van der Waals surface area contributed by atoms with Crippen LogP contribution in [-0.4, -0.2) is 5.78 Å². The lowest BCUT2D eigenvalue weighted by molar-refractivity contribution is -0.114. The van der Waals surface area contributed by atoms with Gasteiger partial charge in [-0.2, -0.15) is 0 Å². The Kier molecular flexibility index (Phi) is 22.6. The summed E-state index contributed by atoms with van der Waals surface area (Å²) in [6.45, 7) is 18.1. The van der Waals surface area contributed by atoms with Gasteiger partial charge >= 0.3 is 0 Å². The summed E-state index contributed by atoms with van der Waals surface area (Å²) >= 11 is 5.89. The van der Waals surface area contributed by atoms with E-state index in [4.69, 9.17) is 11.6 Å². The molecule has 0 N–H and O–H groups in total. The number of Topliss-reactive ketones (excluding diaryl/α,β-unsaturated/α-hetero) is 1. The van der Waals surface area contributed by atoms with Gasteiger partial charge in [-0.25, -0.2) is 0 Å². The fourth-order valence-electron chi connectivity index (χ4n) is 1.21. The van der Waals surface area contributed by atoms with Crippen LogP contribution in [0.2, 0.25) is 5.02 Å². The van der Waals surface area contributed by atoms with Crippen LogP contribution in [0.4, 0.5) is 0 Å². The molecule has 0 atom stereocenters. The lowest BCUT2D eigenvalue weighted by Gasteiger charge is -1.99. The number of benzene rings is 1. The molecule has 1 aromatic rings. The van der Waals surface area contributed by atoms with E-state index in [1.807, 2.05) is 13.0 Å². The number of hydrogen-bond donors (Lipinski definition) is 0. The molecule has 0 saturated carbocycles. The number of carbonyl (C=O) groups excluding carboxylic acids is 1. The van der Waals surface area contributed by atoms with Crippen molar-refractivity contribution < 1.29 is 4.79 Å². The molecule has 0 aromatic heterocycles. The van der Waals surface area contributed by atoms with Crippen molar-refractivity contribution in [1.82, 2.24) is 0 Å². The predicted molar refractivity (Wildman–Crippen MR) is 108 cm³/mol. The Morgan fingerprint density at radius 2 is 1.43 bits per heavy atom. The first-order chi connectivity index (χ1) is 10.6. The van der Waals surface area contributed by atoms with Crippen molar-refractivity contribution in [3.63, 3.8) is 0 Å². The van der Waals surface area contributed by atoms with E-state index in [-0.39, 0.29) is 5.78 Å². The minimum atomic E-state index is 0.167. The standard InChI is InChI=1S/C9H11Cl.C5H12.C4H10.C3H6O/c1-3-8-5-4-7(2)9(10)6-8;1-3-5-4-2;1-4(2)3;1-3(2)4/h4-6H,3H2,1-2H3;3-5H2,1-2H3;4H,1-3H3;1-2H3. The smallest absolute Gasteiger partial charge is 0.126 e. The fourth-order valence-corrected chi connectivity index (χ4v) is 1.41. The molecule has 1 rings (SSSR count). The first kappa shape index (κ1) is 27.0. The normalized spacial score (nSPS) is 8.83. The minimum Gasteiger partial charge on any atom is -0.300 e. The van der Waals surface area contributed by atoms with E-state index in [1.54, 1.807) is 0 Å². The SMILES string of the molecule is CC(C)=O.CC(C)C.CCCCC.CCc1ccc(C)c(Cl)c1. The average Bonchev–Trinajstić information content (AvgIpc) is 2.42. The second-order valence-electron chi connectivity index (χ2n) is 6.43. The van der Waals surface area contributed by atoms with Crippen molar-refractivity contribution in [3.05, 3.63) is 34.3 Å². The van der Waals surface area contributed by atoms with Gasteiger partial charge in [0, 0.05) is 5.02 Å². The maximum atomic E-state index is 9.44. The number of aryl methyl sites for hydroxylation is 2. The molecule has 0 spiro atoms. The van der Waals surface area contributed by atoms with Crippen LogP contribution in [-0.2, 0) is 11.2 Å².